The van der Waals surface area contributed by atoms with Gasteiger partial charge in [-0.15, -0.1) is 0 Å². The van der Waals surface area contributed by atoms with Crippen LogP contribution in [0.25, 0.3) is 0 Å². The van der Waals surface area contributed by atoms with Gasteiger partial charge in [-0.2, -0.15) is 0 Å². The minimum Gasteiger partial charge on any atom is -0.302 e. The van der Waals surface area contributed by atoms with Gasteiger partial charge < -0.3 is 4.79 Å². The third-order valence-corrected chi connectivity index (χ3v) is 2.86. The van der Waals surface area contributed by atoms with E-state index in [4.69, 9.17) is 0 Å². The molecule has 0 heterocycles. The zero-order chi connectivity index (χ0) is 13.5. The van der Waals surface area contributed by atoms with Crippen molar-refractivity contribution >= 4 is 12.1 Å². The fraction of sp³-hybridized carbons (Fsp3) is 0.125. The van der Waals surface area contributed by atoms with Gasteiger partial charge in [0.1, 0.15) is 6.29 Å². The number of rotatable bonds is 6. The van der Waals surface area contributed by atoms with Gasteiger partial charge in [-0.3, -0.25) is 10.1 Å². The first-order valence-electron chi connectivity index (χ1n) is 6.14. The molecular weight excluding hydrogens is 238 g/mol. The van der Waals surface area contributed by atoms with Crippen molar-refractivity contribution in [1.82, 2.24) is 5.32 Å². The third-order valence-electron chi connectivity index (χ3n) is 2.86. The maximum atomic E-state index is 12.5. The number of carbonyl (C=O) groups is 2. The maximum absolute atomic E-state index is 12.5. The van der Waals surface area contributed by atoms with Crippen molar-refractivity contribution in [2.75, 3.05) is 6.54 Å². The lowest BCUT2D eigenvalue weighted by atomic mass is 9.97. The molecule has 2 aromatic rings. The first-order valence-corrected chi connectivity index (χ1v) is 6.14. The van der Waals surface area contributed by atoms with Crippen LogP contribution in [0.15, 0.2) is 60.7 Å². The second kappa shape index (κ2) is 6.61. The number of Topliss-reactive ketones (excluding diaryl/α,β-unsaturated/α-hetero) is 1. The van der Waals surface area contributed by atoms with Gasteiger partial charge in [0.05, 0.1) is 12.6 Å². The molecule has 19 heavy (non-hydrogen) atoms. The molecule has 0 spiro atoms. The molecule has 0 aromatic heterocycles. The molecular formula is C16H15NO2. The van der Waals surface area contributed by atoms with Crippen molar-refractivity contribution in [3.8, 4) is 0 Å². The highest BCUT2D eigenvalue weighted by Gasteiger charge is 2.20. The first-order chi connectivity index (χ1) is 9.33. The summed E-state index contributed by atoms with van der Waals surface area (Å²) in [5.74, 6) is -0.0337. The van der Waals surface area contributed by atoms with Crippen LogP contribution in [0.4, 0.5) is 0 Å². The Morgan fingerprint density at radius 1 is 1.00 bits per heavy atom. The number of aldehydes is 1. The smallest absolute Gasteiger partial charge is 0.184 e. The van der Waals surface area contributed by atoms with Gasteiger partial charge in [0.25, 0.3) is 0 Å². The summed E-state index contributed by atoms with van der Waals surface area (Å²) in [6, 6.07) is 18.0. The summed E-state index contributed by atoms with van der Waals surface area (Å²) >= 11 is 0. The van der Waals surface area contributed by atoms with Gasteiger partial charge in [-0.05, 0) is 5.56 Å². The van der Waals surface area contributed by atoms with E-state index in [1.165, 1.54) is 0 Å². The number of nitrogens with one attached hydrogen (secondary N) is 1. The molecule has 3 heteroatoms. The van der Waals surface area contributed by atoms with E-state index in [0.29, 0.717) is 5.56 Å². The summed E-state index contributed by atoms with van der Waals surface area (Å²) in [6.07, 6.45) is 0.758. The van der Waals surface area contributed by atoms with Gasteiger partial charge in [-0.1, -0.05) is 60.7 Å². The fourth-order valence-electron chi connectivity index (χ4n) is 1.94. The van der Waals surface area contributed by atoms with Gasteiger partial charge in [0.15, 0.2) is 5.78 Å². The van der Waals surface area contributed by atoms with Crippen LogP contribution in [-0.2, 0) is 4.79 Å². The molecule has 1 unspecified atom stereocenters. The van der Waals surface area contributed by atoms with Gasteiger partial charge in [-0.25, -0.2) is 0 Å². The SMILES string of the molecule is O=CCNC(C(=O)c1ccccc1)c1ccccc1. The molecule has 0 aliphatic heterocycles. The molecule has 0 aliphatic carbocycles. The van der Waals surface area contributed by atoms with E-state index in [9.17, 15) is 9.59 Å². The lowest BCUT2D eigenvalue weighted by Crippen LogP contribution is -2.30. The van der Waals surface area contributed by atoms with Crippen LogP contribution in [0.3, 0.4) is 0 Å². The van der Waals surface area contributed by atoms with E-state index in [1.54, 1.807) is 12.1 Å². The average Bonchev–Trinajstić information content (AvgIpc) is 2.49. The highest BCUT2D eigenvalue weighted by molar-refractivity contribution is 6.00. The van der Waals surface area contributed by atoms with Crippen LogP contribution < -0.4 is 5.32 Å². The Kier molecular flexibility index (Phi) is 4.59. The molecule has 1 N–H and O–H groups in total. The number of ketones is 1. The van der Waals surface area contributed by atoms with Gasteiger partial charge in [0.2, 0.25) is 0 Å². The van der Waals surface area contributed by atoms with Gasteiger partial charge in [0, 0.05) is 5.56 Å². The third kappa shape index (κ3) is 3.36. The molecule has 0 saturated heterocycles. The molecule has 0 bridgehead atoms. The molecule has 2 aromatic carbocycles. The highest BCUT2D eigenvalue weighted by atomic mass is 16.1. The number of carbonyl (C=O) groups excluding carboxylic acids is 2. The molecule has 0 radical (unpaired) electrons. The van der Waals surface area contributed by atoms with Crippen LogP contribution in [0.1, 0.15) is 22.0 Å². The molecule has 96 valence electrons. The van der Waals surface area contributed by atoms with Crippen molar-refractivity contribution in [3.05, 3.63) is 71.8 Å². The normalized spacial score (nSPS) is 11.8. The second-order valence-corrected chi connectivity index (χ2v) is 4.15. The lowest BCUT2D eigenvalue weighted by molar-refractivity contribution is -0.107. The summed E-state index contributed by atoms with van der Waals surface area (Å²) < 4.78 is 0. The van der Waals surface area contributed by atoms with Crippen LogP contribution in [0.2, 0.25) is 0 Å². The monoisotopic (exact) mass is 253 g/mol. The standard InChI is InChI=1S/C16H15NO2/c18-12-11-17-15(13-7-3-1-4-8-13)16(19)14-9-5-2-6-10-14/h1-10,12,15,17H,11H2. The minimum absolute atomic E-state index is 0.0337. The van der Waals surface area contributed by atoms with Crippen LogP contribution in [0.5, 0.6) is 0 Å². The number of benzene rings is 2. The summed E-state index contributed by atoms with van der Waals surface area (Å²) in [4.78, 5) is 23.0. The Bertz CT molecular complexity index is 537. The summed E-state index contributed by atoms with van der Waals surface area (Å²) in [6.45, 7) is 0.151. The second-order valence-electron chi connectivity index (χ2n) is 4.15. The molecule has 3 nitrogen and oxygen atoms in total. The van der Waals surface area contributed by atoms with Crippen LogP contribution in [-0.4, -0.2) is 18.6 Å². The molecule has 0 saturated carbocycles. The predicted molar refractivity (Wildman–Crippen MR) is 74.0 cm³/mol. The van der Waals surface area contributed by atoms with Crippen molar-refractivity contribution in [2.24, 2.45) is 0 Å². The topological polar surface area (TPSA) is 46.2 Å². The zero-order valence-corrected chi connectivity index (χ0v) is 10.5. The summed E-state index contributed by atoms with van der Waals surface area (Å²) in [5, 5.41) is 2.97. The van der Waals surface area contributed by atoms with Crippen molar-refractivity contribution in [1.29, 1.82) is 0 Å². The highest BCUT2D eigenvalue weighted by Crippen LogP contribution is 2.18. The van der Waals surface area contributed by atoms with Crippen molar-refractivity contribution < 1.29 is 9.59 Å². The summed E-state index contributed by atoms with van der Waals surface area (Å²) in [5.41, 5.74) is 1.49. The van der Waals surface area contributed by atoms with Crippen LogP contribution >= 0.6 is 0 Å². The molecule has 1 atom stereocenters. The van der Waals surface area contributed by atoms with E-state index in [1.807, 2.05) is 48.5 Å². The first kappa shape index (κ1) is 13.2. The Labute approximate surface area is 112 Å². The van der Waals surface area contributed by atoms with Gasteiger partial charge >= 0.3 is 0 Å². The fourth-order valence-corrected chi connectivity index (χ4v) is 1.94. The van der Waals surface area contributed by atoms with E-state index in [0.717, 1.165) is 11.8 Å². The molecule has 0 aliphatic rings. The van der Waals surface area contributed by atoms with E-state index >= 15 is 0 Å². The summed E-state index contributed by atoms with van der Waals surface area (Å²) in [7, 11) is 0. The quantitative estimate of drug-likeness (QED) is 0.635. The predicted octanol–water partition coefficient (Wildman–Crippen LogP) is 2.40. The van der Waals surface area contributed by atoms with E-state index in [-0.39, 0.29) is 12.3 Å². The largest absolute Gasteiger partial charge is 0.302 e. The van der Waals surface area contributed by atoms with E-state index < -0.39 is 6.04 Å². The Morgan fingerprint density at radius 3 is 2.16 bits per heavy atom. The zero-order valence-electron chi connectivity index (χ0n) is 10.5. The molecule has 0 fully saturated rings. The van der Waals surface area contributed by atoms with E-state index in [2.05, 4.69) is 5.32 Å². The minimum atomic E-state index is -0.492. The number of hydrogen-bond donors (Lipinski definition) is 1. The molecule has 2 rings (SSSR count). The maximum Gasteiger partial charge on any atom is 0.184 e. The Balaban J connectivity index is 2.28. The Hall–Kier alpha value is -2.26. The van der Waals surface area contributed by atoms with Crippen molar-refractivity contribution in [2.45, 2.75) is 6.04 Å². The lowest BCUT2D eigenvalue weighted by Gasteiger charge is -2.16. The molecule has 0 amide bonds. The van der Waals surface area contributed by atoms with Crippen molar-refractivity contribution in [3.63, 3.8) is 0 Å². The Morgan fingerprint density at radius 2 is 1.58 bits per heavy atom. The number of hydrogen-bond acceptors (Lipinski definition) is 3. The average molecular weight is 253 g/mol. The van der Waals surface area contributed by atoms with Crippen LogP contribution in [0, 0.1) is 0 Å².